The maximum absolute atomic E-state index is 9.12. The van der Waals surface area contributed by atoms with Crippen molar-refractivity contribution in [3.05, 3.63) is 41.7 Å². The van der Waals surface area contributed by atoms with Crippen LogP contribution in [0.3, 0.4) is 0 Å². The lowest BCUT2D eigenvalue weighted by Crippen LogP contribution is -2.41. The normalized spacial score (nSPS) is 21.6. The molecule has 1 aliphatic rings. The molecule has 0 saturated carbocycles. The summed E-state index contributed by atoms with van der Waals surface area (Å²) < 4.78 is 4.05. The molecule has 1 fully saturated rings. The molecule has 0 spiro atoms. The number of rotatable bonds is 5. The van der Waals surface area contributed by atoms with Crippen LogP contribution in [0.25, 0.3) is 0 Å². The molecule has 2 aromatic heterocycles. The van der Waals surface area contributed by atoms with Gasteiger partial charge >= 0.3 is 0 Å². The van der Waals surface area contributed by atoms with Gasteiger partial charge in [0.1, 0.15) is 11.8 Å². The minimum atomic E-state index is 0.411. The SMILES string of the molecule is CN(Cc1cc(C#N)n(C)c1)C[C@@H]1CCCN(C)[C@H]1c1cncn1C. The van der Waals surface area contributed by atoms with E-state index in [4.69, 9.17) is 5.26 Å². The fourth-order valence-electron chi connectivity index (χ4n) is 4.18. The lowest BCUT2D eigenvalue weighted by molar-refractivity contribution is 0.0880. The van der Waals surface area contributed by atoms with Gasteiger partial charge in [0.25, 0.3) is 0 Å². The molecule has 0 amide bonds. The molecule has 1 saturated heterocycles. The van der Waals surface area contributed by atoms with E-state index in [-0.39, 0.29) is 0 Å². The number of imidazole rings is 1. The largest absolute Gasteiger partial charge is 0.342 e. The van der Waals surface area contributed by atoms with Crippen LogP contribution < -0.4 is 0 Å². The first kappa shape index (κ1) is 17.7. The third-order valence-corrected chi connectivity index (χ3v) is 5.34. The van der Waals surface area contributed by atoms with Crippen LogP contribution in [0.4, 0.5) is 0 Å². The van der Waals surface area contributed by atoms with Crippen LogP contribution in [-0.4, -0.2) is 51.1 Å². The Morgan fingerprint density at radius 2 is 2.12 bits per heavy atom. The van der Waals surface area contributed by atoms with Crippen LogP contribution in [0.15, 0.2) is 24.8 Å². The highest BCUT2D eigenvalue weighted by atomic mass is 15.2. The van der Waals surface area contributed by atoms with Crippen LogP contribution in [0.2, 0.25) is 0 Å². The number of nitriles is 1. The van der Waals surface area contributed by atoms with Gasteiger partial charge in [-0.2, -0.15) is 5.26 Å². The number of nitrogens with zero attached hydrogens (tertiary/aromatic N) is 6. The summed E-state index contributed by atoms with van der Waals surface area (Å²) in [6, 6.07) is 4.64. The van der Waals surface area contributed by atoms with Crippen molar-refractivity contribution in [1.82, 2.24) is 23.9 Å². The molecule has 134 valence electrons. The van der Waals surface area contributed by atoms with Gasteiger partial charge in [-0.05, 0) is 51.0 Å². The van der Waals surface area contributed by atoms with E-state index in [1.165, 1.54) is 24.1 Å². The molecule has 2 atom stereocenters. The van der Waals surface area contributed by atoms with Crippen molar-refractivity contribution in [2.45, 2.75) is 25.4 Å². The molecule has 2 aromatic rings. The molecule has 0 radical (unpaired) electrons. The van der Waals surface area contributed by atoms with Gasteiger partial charge in [0.2, 0.25) is 0 Å². The predicted octanol–water partition coefficient (Wildman–Crippen LogP) is 2.15. The Labute approximate surface area is 150 Å². The standard InChI is InChI=1S/C19H28N6/c1-22(11-15-8-17(9-20)24(3)12-15)13-16-6-5-7-23(2)19(16)18-10-21-14-25(18)4/h8,10,12,14,16,19H,5-7,11,13H2,1-4H3/t16-,19+/m0/s1. The summed E-state index contributed by atoms with van der Waals surface area (Å²) in [4.78, 5) is 9.17. The summed E-state index contributed by atoms with van der Waals surface area (Å²) in [6.45, 7) is 3.05. The predicted molar refractivity (Wildman–Crippen MR) is 97.8 cm³/mol. The summed E-state index contributed by atoms with van der Waals surface area (Å²) in [5.41, 5.74) is 3.21. The second kappa shape index (κ2) is 7.42. The maximum atomic E-state index is 9.12. The van der Waals surface area contributed by atoms with Crippen LogP contribution in [0, 0.1) is 17.2 Å². The first-order valence-electron chi connectivity index (χ1n) is 8.90. The summed E-state index contributed by atoms with van der Waals surface area (Å²) in [6.07, 6.45) is 8.44. The first-order chi connectivity index (χ1) is 12.0. The Morgan fingerprint density at radius 1 is 1.32 bits per heavy atom. The van der Waals surface area contributed by atoms with Gasteiger partial charge in [0, 0.05) is 39.6 Å². The second-order valence-electron chi connectivity index (χ2n) is 7.41. The quantitative estimate of drug-likeness (QED) is 0.837. The van der Waals surface area contributed by atoms with Crippen LogP contribution in [0.5, 0.6) is 0 Å². The van der Waals surface area contributed by atoms with Gasteiger partial charge in [-0.25, -0.2) is 4.98 Å². The first-order valence-corrected chi connectivity index (χ1v) is 8.90. The summed E-state index contributed by atoms with van der Waals surface area (Å²) in [5, 5.41) is 9.12. The van der Waals surface area contributed by atoms with Crippen molar-refractivity contribution in [1.29, 1.82) is 5.26 Å². The van der Waals surface area contributed by atoms with Crippen molar-refractivity contribution < 1.29 is 0 Å². The minimum absolute atomic E-state index is 0.411. The maximum Gasteiger partial charge on any atom is 0.120 e. The van der Waals surface area contributed by atoms with E-state index < -0.39 is 0 Å². The van der Waals surface area contributed by atoms with Crippen LogP contribution in [-0.2, 0) is 20.6 Å². The molecule has 0 bridgehead atoms. The average molecular weight is 340 g/mol. The van der Waals surface area contributed by atoms with Crippen LogP contribution >= 0.6 is 0 Å². The van der Waals surface area contributed by atoms with E-state index in [2.05, 4.69) is 52.8 Å². The Bertz CT molecular complexity index is 752. The average Bonchev–Trinajstić information content (AvgIpc) is 3.13. The number of aromatic nitrogens is 3. The second-order valence-corrected chi connectivity index (χ2v) is 7.41. The van der Waals surface area contributed by atoms with Crippen molar-refractivity contribution in [2.24, 2.45) is 20.0 Å². The minimum Gasteiger partial charge on any atom is -0.342 e. The topological polar surface area (TPSA) is 53.0 Å². The highest BCUT2D eigenvalue weighted by Gasteiger charge is 2.32. The zero-order valence-electron chi connectivity index (χ0n) is 15.7. The monoisotopic (exact) mass is 340 g/mol. The zero-order valence-corrected chi connectivity index (χ0v) is 15.7. The van der Waals surface area contributed by atoms with Crippen molar-refractivity contribution >= 4 is 0 Å². The fraction of sp³-hybridized carbons (Fsp3) is 0.579. The summed E-state index contributed by atoms with van der Waals surface area (Å²) >= 11 is 0. The number of hydrogen-bond acceptors (Lipinski definition) is 4. The molecule has 1 aliphatic heterocycles. The van der Waals surface area contributed by atoms with E-state index in [9.17, 15) is 0 Å². The molecule has 3 heterocycles. The number of aryl methyl sites for hydroxylation is 2. The van der Waals surface area contributed by atoms with Crippen LogP contribution in [0.1, 0.15) is 35.8 Å². The lowest BCUT2D eigenvalue weighted by atomic mass is 9.87. The molecule has 0 aromatic carbocycles. The summed E-state index contributed by atoms with van der Waals surface area (Å²) in [5.74, 6) is 0.582. The van der Waals surface area contributed by atoms with Gasteiger partial charge in [-0.3, -0.25) is 4.90 Å². The van der Waals surface area contributed by atoms with Gasteiger partial charge in [-0.1, -0.05) is 0 Å². The Balaban J connectivity index is 1.70. The smallest absolute Gasteiger partial charge is 0.120 e. The number of piperidine rings is 1. The molecule has 3 rings (SSSR count). The van der Waals surface area contributed by atoms with Gasteiger partial charge in [0.15, 0.2) is 0 Å². The van der Waals surface area contributed by atoms with Gasteiger partial charge < -0.3 is 14.0 Å². The van der Waals surface area contributed by atoms with E-state index in [1.807, 2.05) is 30.2 Å². The highest BCUT2D eigenvalue weighted by molar-refractivity contribution is 5.28. The van der Waals surface area contributed by atoms with Crippen molar-refractivity contribution in [2.75, 3.05) is 27.2 Å². The summed E-state index contributed by atoms with van der Waals surface area (Å²) in [7, 11) is 8.41. The Kier molecular flexibility index (Phi) is 5.26. The molecule has 0 aliphatic carbocycles. The molecule has 0 N–H and O–H groups in total. The number of hydrogen-bond donors (Lipinski definition) is 0. The zero-order chi connectivity index (χ0) is 18.0. The molecule has 0 unspecified atom stereocenters. The van der Waals surface area contributed by atoms with E-state index in [0.717, 1.165) is 19.6 Å². The van der Waals surface area contributed by atoms with Gasteiger partial charge in [-0.15, -0.1) is 0 Å². The van der Waals surface area contributed by atoms with Gasteiger partial charge in [0.05, 0.1) is 18.1 Å². The van der Waals surface area contributed by atoms with E-state index in [1.54, 1.807) is 0 Å². The lowest BCUT2D eigenvalue weighted by Gasteiger charge is -2.40. The fourth-order valence-corrected chi connectivity index (χ4v) is 4.18. The highest BCUT2D eigenvalue weighted by Crippen LogP contribution is 2.35. The molecule has 6 nitrogen and oxygen atoms in total. The molecule has 6 heteroatoms. The Hall–Kier alpha value is -2.10. The molecular weight excluding hydrogens is 312 g/mol. The molecular formula is C19H28N6. The Morgan fingerprint density at radius 3 is 2.76 bits per heavy atom. The third-order valence-electron chi connectivity index (χ3n) is 5.34. The van der Waals surface area contributed by atoms with E-state index >= 15 is 0 Å². The molecule has 25 heavy (non-hydrogen) atoms. The van der Waals surface area contributed by atoms with E-state index in [0.29, 0.717) is 17.7 Å². The van der Waals surface area contributed by atoms with Crippen molar-refractivity contribution in [3.63, 3.8) is 0 Å². The number of likely N-dealkylation sites (tertiary alicyclic amines) is 1. The van der Waals surface area contributed by atoms with Crippen molar-refractivity contribution in [3.8, 4) is 6.07 Å². The third kappa shape index (κ3) is 3.78.